The van der Waals surface area contributed by atoms with Crippen molar-refractivity contribution in [1.29, 1.82) is 0 Å². The van der Waals surface area contributed by atoms with Crippen molar-refractivity contribution in [3.05, 3.63) is 51.7 Å². The molecule has 23 heavy (non-hydrogen) atoms. The van der Waals surface area contributed by atoms with E-state index in [0.717, 1.165) is 25.3 Å². The molecule has 5 rings (SSSR count). The number of fused-ring (bicyclic) bond motifs is 2. The Morgan fingerprint density at radius 2 is 1.96 bits per heavy atom. The number of anilines is 1. The molecule has 3 fully saturated rings. The second-order valence-electron chi connectivity index (χ2n) is 6.25. The Hall–Kier alpha value is -1.92. The highest BCUT2D eigenvalue weighted by Crippen LogP contribution is 2.36. The topological polar surface area (TPSA) is 54.3 Å². The molecule has 6 nitrogen and oxygen atoms in total. The maximum absolute atomic E-state index is 12.0. The Kier molecular flexibility index (Phi) is 3.58. The van der Waals surface area contributed by atoms with Crippen molar-refractivity contribution < 1.29 is 0 Å². The zero-order chi connectivity index (χ0) is 16.0. The summed E-state index contributed by atoms with van der Waals surface area (Å²) in [6.45, 7) is 2.72. The van der Waals surface area contributed by atoms with Crippen LogP contribution in [0.2, 0.25) is 5.02 Å². The maximum Gasteiger partial charge on any atom is 0.287 e. The molecular weight excluding hydrogens is 314 g/mol. The summed E-state index contributed by atoms with van der Waals surface area (Å²) in [5.41, 5.74) is 1.81. The second-order valence-corrected chi connectivity index (χ2v) is 6.63. The average molecular weight is 332 g/mol. The van der Waals surface area contributed by atoms with Crippen LogP contribution in [0.25, 0.3) is 0 Å². The summed E-state index contributed by atoms with van der Waals surface area (Å²) in [4.78, 5) is 20.7. The number of piperazine rings is 1. The zero-order valence-electron chi connectivity index (χ0n) is 12.9. The van der Waals surface area contributed by atoms with Gasteiger partial charge in [0, 0.05) is 51.2 Å². The van der Waals surface area contributed by atoms with E-state index in [1.54, 1.807) is 13.2 Å². The molecule has 3 saturated heterocycles. The molecule has 3 aliphatic heterocycles. The fourth-order valence-corrected chi connectivity index (χ4v) is 3.85. The summed E-state index contributed by atoms with van der Waals surface area (Å²) in [5.74, 6) is 0. The van der Waals surface area contributed by atoms with Crippen molar-refractivity contribution in [3.8, 4) is 0 Å². The summed E-state index contributed by atoms with van der Waals surface area (Å²) >= 11 is 6.22. The van der Waals surface area contributed by atoms with Gasteiger partial charge in [-0.15, -0.1) is 0 Å². The molecule has 0 aromatic carbocycles. The Morgan fingerprint density at radius 3 is 2.65 bits per heavy atom. The predicted octanol–water partition coefficient (Wildman–Crippen LogP) is 1.29. The van der Waals surface area contributed by atoms with Crippen LogP contribution in [0.3, 0.4) is 0 Å². The molecule has 120 valence electrons. The lowest BCUT2D eigenvalue weighted by molar-refractivity contribution is -0.00847. The third kappa shape index (κ3) is 2.52. The molecule has 0 spiro atoms. The van der Waals surface area contributed by atoms with Gasteiger partial charge in [-0.05, 0) is 24.1 Å². The molecule has 5 heterocycles. The van der Waals surface area contributed by atoms with E-state index in [2.05, 4.69) is 32.0 Å². The Bertz CT molecular complexity index is 766. The molecule has 2 aromatic heterocycles. The van der Waals surface area contributed by atoms with Gasteiger partial charge in [0.25, 0.3) is 5.56 Å². The number of aromatic nitrogens is 3. The molecule has 0 amide bonds. The lowest BCUT2D eigenvalue weighted by atomic mass is 9.86. The number of nitrogens with zero attached hydrogens (tertiary/aromatic N) is 5. The molecule has 0 N–H and O–H groups in total. The van der Waals surface area contributed by atoms with E-state index in [4.69, 9.17) is 11.6 Å². The maximum atomic E-state index is 12.0. The van der Waals surface area contributed by atoms with Gasteiger partial charge in [-0.1, -0.05) is 11.6 Å². The molecule has 2 unspecified atom stereocenters. The molecule has 0 radical (unpaired) electrons. The van der Waals surface area contributed by atoms with Crippen molar-refractivity contribution >= 4 is 17.3 Å². The highest BCUT2D eigenvalue weighted by Gasteiger charge is 2.44. The van der Waals surface area contributed by atoms with Gasteiger partial charge in [-0.3, -0.25) is 14.7 Å². The molecule has 2 aromatic rings. The molecular formula is C16H18ClN5O. The SMILES string of the molecule is Cn1ncc(N2CC3CC(C2)N3Cc2ccncc2)c(Cl)c1=O. The van der Waals surface area contributed by atoms with E-state index in [9.17, 15) is 4.79 Å². The highest BCUT2D eigenvalue weighted by atomic mass is 35.5. The fraction of sp³-hybridized carbons (Fsp3) is 0.438. The van der Waals surface area contributed by atoms with Gasteiger partial charge < -0.3 is 4.90 Å². The molecule has 0 saturated carbocycles. The molecule has 0 aliphatic carbocycles. The summed E-state index contributed by atoms with van der Waals surface area (Å²) in [6.07, 6.45) is 6.57. The van der Waals surface area contributed by atoms with E-state index in [0.29, 0.717) is 12.1 Å². The van der Waals surface area contributed by atoms with Gasteiger partial charge in [-0.2, -0.15) is 5.10 Å². The Labute approximate surface area is 139 Å². The van der Waals surface area contributed by atoms with Crippen LogP contribution in [0.1, 0.15) is 12.0 Å². The van der Waals surface area contributed by atoms with Gasteiger partial charge in [0.05, 0.1) is 11.9 Å². The molecule has 2 atom stereocenters. The van der Waals surface area contributed by atoms with Crippen molar-refractivity contribution in [2.45, 2.75) is 25.0 Å². The van der Waals surface area contributed by atoms with Gasteiger partial charge in [0.1, 0.15) is 5.02 Å². The first-order chi connectivity index (χ1) is 11.1. The molecule has 7 heteroatoms. The van der Waals surface area contributed by atoms with E-state index >= 15 is 0 Å². The minimum absolute atomic E-state index is 0.239. The third-order valence-corrected chi connectivity index (χ3v) is 5.21. The normalized spacial score (nSPS) is 23.7. The van der Waals surface area contributed by atoms with Crippen molar-refractivity contribution in [3.63, 3.8) is 0 Å². The van der Waals surface area contributed by atoms with Gasteiger partial charge in [-0.25, -0.2) is 4.68 Å². The first-order valence-electron chi connectivity index (χ1n) is 7.75. The number of piperidine rings is 1. The van der Waals surface area contributed by atoms with E-state index < -0.39 is 0 Å². The second kappa shape index (κ2) is 5.62. The first-order valence-corrected chi connectivity index (χ1v) is 8.12. The summed E-state index contributed by atoms with van der Waals surface area (Å²) in [5, 5.41) is 4.37. The smallest absolute Gasteiger partial charge is 0.287 e. The van der Waals surface area contributed by atoms with Crippen LogP contribution in [-0.2, 0) is 13.6 Å². The van der Waals surface area contributed by atoms with Crippen molar-refractivity contribution in [2.24, 2.45) is 7.05 Å². The van der Waals surface area contributed by atoms with Crippen LogP contribution in [0.4, 0.5) is 5.69 Å². The molecule has 3 aliphatic rings. The van der Waals surface area contributed by atoms with Crippen LogP contribution in [-0.4, -0.2) is 44.8 Å². The van der Waals surface area contributed by atoms with Gasteiger partial charge in [0.2, 0.25) is 0 Å². The van der Waals surface area contributed by atoms with Crippen LogP contribution >= 0.6 is 11.6 Å². The van der Waals surface area contributed by atoms with E-state index in [1.807, 2.05) is 12.4 Å². The minimum Gasteiger partial charge on any atom is -0.366 e. The lowest BCUT2D eigenvalue weighted by Gasteiger charge is -2.57. The van der Waals surface area contributed by atoms with Crippen LogP contribution < -0.4 is 10.5 Å². The van der Waals surface area contributed by atoms with Gasteiger partial charge in [0.15, 0.2) is 0 Å². The standard InChI is InChI=1S/C16H18ClN5O/c1-20-16(23)15(17)14(7-19-20)21-9-12-6-13(10-21)22(12)8-11-2-4-18-5-3-11/h2-5,7,12-13H,6,8-10H2,1H3. The largest absolute Gasteiger partial charge is 0.366 e. The third-order valence-electron chi connectivity index (χ3n) is 4.86. The number of hydrogen-bond acceptors (Lipinski definition) is 5. The number of aryl methyl sites for hydroxylation is 1. The van der Waals surface area contributed by atoms with E-state index in [1.165, 1.54) is 16.7 Å². The van der Waals surface area contributed by atoms with E-state index in [-0.39, 0.29) is 10.6 Å². The molecule has 2 bridgehead atoms. The average Bonchev–Trinajstić information content (AvgIpc) is 2.58. The van der Waals surface area contributed by atoms with Crippen LogP contribution in [0.5, 0.6) is 0 Å². The lowest BCUT2D eigenvalue weighted by Crippen LogP contribution is -2.68. The van der Waals surface area contributed by atoms with Crippen molar-refractivity contribution in [2.75, 3.05) is 18.0 Å². The summed E-state index contributed by atoms with van der Waals surface area (Å²) in [7, 11) is 1.61. The highest BCUT2D eigenvalue weighted by molar-refractivity contribution is 6.33. The number of pyridine rings is 1. The Balaban J connectivity index is 1.49. The quantitative estimate of drug-likeness (QED) is 0.848. The monoisotopic (exact) mass is 331 g/mol. The van der Waals surface area contributed by atoms with Crippen LogP contribution in [0, 0.1) is 0 Å². The zero-order valence-corrected chi connectivity index (χ0v) is 13.6. The number of hydrogen-bond donors (Lipinski definition) is 0. The first kappa shape index (κ1) is 14.7. The summed E-state index contributed by atoms with van der Waals surface area (Å²) < 4.78 is 1.27. The minimum atomic E-state index is -0.239. The van der Waals surface area contributed by atoms with Crippen LogP contribution in [0.15, 0.2) is 35.5 Å². The van der Waals surface area contributed by atoms with Crippen molar-refractivity contribution in [1.82, 2.24) is 19.7 Å². The summed E-state index contributed by atoms with van der Waals surface area (Å²) in [6, 6.07) is 5.13. The predicted molar refractivity (Wildman–Crippen MR) is 88.7 cm³/mol. The fourth-order valence-electron chi connectivity index (χ4n) is 3.56. The number of halogens is 1. The number of rotatable bonds is 3. The van der Waals surface area contributed by atoms with Gasteiger partial charge >= 0.3 is 0 Å². The Morgan fingerprint density at radius 1 is 1.26 bits per heavy atom.